The van der Waals surface area contributed by atoms with E-state index in [0.29, 0.717) is 17.9 Å². The number of imidazole rings is 1. The normalized spacial score (nSPS) is 11.2. The van der Waals surface area contributed by atoms with E-state index in [-0.39, 0.29) is 11.7 Å². The Morgan fingerprint density at radius 2 is 2.05 bits per heavy atom. The van der Waals surface area contributed by atoms with E-state index in [9.17, 15) is 4.39 Å². The Kier molecular flexibility index (Phi) is 3.40. The van der Waals surface area contributed by atoms with Crippen LogP contribution in [0.15, 0.2) is 36.5 Å². The zero-order valence-corrected chi connectivity index (χ0v) is 11.7. The van der Waals surface area contributed by atoms with Crippen molar-refractivity contribution in [3.63, 3.8) is 0 Å². The van der Waals surface area contributed by atoms with Crippen LogP contribution in [-0.2, 0) is 12.4 Å². The summed E-state index contributed by atoms with van der Waals surface area (Å²) in [5, 5.41) is 0. The summed E-state index contributed by atoms with van der Waals surface area (Å²) in [6.07, 6.45) is 1.73. The van der Waals surface area contributed by atoms with Gasteiger partial charge in [0.05, 0.1) is 12.4 Å². The van der Waals surface area contributed by atoms with Crippen LogP contribution in [0.3, 0.4) is 0 Å². The Morgan fingerprint density at radius 3 is 2.80 bits per heavy atom. The number of alkyl halides is 1. The van der Waals surface area contributed by atoms with E-state index in [4.69, 9.17) is 11.6 Å². The van der Waals surface area contributed by atoms with Crippen LogP contribution < -0.4 is 0 Å². The van der Waals surface area contributed by atoms with Crippen LogP contribution in [0.5, 0.6) is 0 Å². The van der Waals surface area contributed by atoms with E-state index in [1.165, 1.54) is 6.07 Å². The summed E-state index contributed by atoms with van der Waals surface area (Å²) >= 11 is 5.96. The summed E-state index contributed by atoms with van der Waals surface area (Å²) in [4.78, 5) is 8.86. The first-order chi connectivity index (χ1) is 9.70. The Hall–Kier alpha value is -1.94. The molecule has 0 aliphatic rings. The smallest absolute Gasteiger partial charge is 0.160 e. The fourth-order valence-electron chi connectivity index (χ4n) is 2.25. The van der Waals surface area contributed by atoms with E-state index < -0.39 is 0 Å². The van der Waals surface area contributed by atoms with E-state index in [1.54, 1.807) is 18.3 Å². The van der Waals surface area contributed by atoms with E-state index >= 15 is 0 Å². The van der Waals surface area contributed by atoms with E-state index in [0.717, 1.165) is 16.7 Å². The van der Waals surface area contributed by atoms with Gasteiger partial charge in [-0.15, -0.1) is 11.6 Å². The van der Waals surface area contributed by atoms with Crippen LogP contribution >= 0.6 is 11.6 Å². The van der Waals surface area contributed by atoms with Gasteiger partial charge < -0.3 is 4.57 Å². The largest absolute Gasteiger partial charge is 0.307 e. The molecular weight excluding hydrogens is 277 g/mol. The minimum atomic E-state index is -0.234. The number of pyridine rings is 1. The molecule has 5 heteroatoms. The fraction of sp³-hybridized carbons (Fsp3) is 0.200. The molecule has 0 bridgehead atoms. The van der Waals surface area contributed by atoms with E-state index in [2.05, 4.69) is 9.97 Å². The predicted octanol–water partition coefficient (Wildman–Crippen LogP) is 3.67. The Morgan fingerprint density at radius 1 is 1.25 bits per heavy atom. The molecule has 0 saturated heterocycles. The summed E-state index contributed by atoms with van der Waals surface area (Å²) in [7, 11) is 0. The van der Waals surface area contributed by atoms with Crippen molar-refractivity contribution < 1.29 is 4.39 Å². The average molecular weight is 290 g/mol. The molecule has 3 nitrogen and oxygen atoms in total. The number of nitrogens with zero attached hydrogens (tertiary/aromatic N) is 3. The quantitative estimate of drug-likeness (QED) is 0.689. The van der Waals surface area contributed by atoms with Crippen molar-refractivity contribution in [2.45, 2.75) is 19.3 Å². The van der Waals surface area contributed by atoms with Gasteiger partial charge in [0.2, 0.25) is 0 Å². The lowest BCUT2D eigenvalue weighted by molar-refractivity contribution is 0.598. The third-order valence-electron chi connectivity index (χ3n) is 3.32. The van der Waals surface area contributed by atoms with Gasteiger partial charge in [-0.05, 0) is 24.6 Å². The monoisotopic (exact) mass is 289 g/mol. The highest BCUT2D eigenvalue weighted by Gasteiger charge is 2.14. The average Bonchev–Trinajstić information content (AvgIpc) is 2.81. The molecule has 2 aromatic heterocycles. The molecule has 0 spiro atoms. The van der Waals surface area contributed by atoms with E-state index in [1.807, 2.05) is 23.6 Å². The molecule has 1 aromatic carbocycles. The maximum Gasteiger partial charge on any atom is 0.160 e. The third kappa shape index (κ3) is 2.16. The topological polar surface area (TPSA) is 30.7 Å². The lowest BCUT2D eigenvalue weighted by Gasteiger charge is -2.08. The highest BCUT2D eigenvalue weighted by atomic mass is 35.5. The second-order valence-corrected chi connectivity index (χ2v) is 4.91. The molecule has 0 amide bonds. The third-order valence-corrected chi connectivity index (χ3v) is 3.56. The van der Waals surface area contributed by atoms with Crippen molar-refractivity contribution in [3.05, 3.63) is 59.3 Å². The van der Waals surface area contributed by atoms with Gasteiger partial charge in [0, 0.05) is 11.8 Å². The number of halogens is 2. The number of aromatic nitrogens is 3. The number of aryl methyl sites for hydroxylation is 1. The molecule has 0 atom stereocenters. The van der Waals surface area contributed by atoms with Crippen LogP contribution in [0.25, 0.3) is 11.2 Å². The van der Waals surface area contributed by atoms with Gasteiger partial charge in [0.1, 0.15) is 17.2 Å². The number of benzene rings is 1. The van der Waals surface area contributed by atoms with Crippen molar-refractivity contribution in [3.8, 4) is 0 Å². The van der Waals surface area contributed by atoms with Crippen LogP contribution in [-0.4, -0.2) is 14.5 Å². The second-order valence-electron chi connectivity index (χ2n) is 4.64. The van der Waals surface area contributed by atoms with Crippen molar-refractivity contribution >= 4 is 22.8 Å². The highest BCUT2D eigenvalue weighted by Crippen LogP contribution is 2.20. The van der Waals surface area contributed by atoms with Crippen LogP contribution in [0.4, 0.5) is 4.39 Å². The Labute approximate surface area is 121 Å². The summed E-state index contributed by atoms with van der Waals surface area (Å²) in [5.41, 5.74) is 3.19. The summed E-state index contributed by atoms with van der Waals surface area (Å²) in [6, 6.07) is 8.61. The van der Waals surface area contributed by atoms with Gasteiger partial charge in [-0.3, -0.25) is 0 Å². The zero-order chi connectivity index (χ0) is 14.1. The van der Waals surface area contributed by atoms with Crippen LogP contribution in [0.2, 0.25) is 0 Å². The maximum absolute atomic E-state index is 13.8. The first-order valence-corrected chi connectivity index (χ1v) is 6.84. The molecule has 0 N–H and O–H groups in total. The van der Waals surface area contributed by atoms with Crippen LogP contribution in [0.1, 0.15) is 17.0 Å². The molecule has 0 aliphatic heterocycles. The first kappa shape index (κ1) is 13.1. The lowest BCUT2D eigenvalue weighted by atomic mass is 10.2. The van der Waals surface area contributed by atoms with Gasteiger partial charge in [-0.2, -0.15) is 0 Å². The van der Waals surface area contributed by atoms with Gasteiger partial charge in [0.25, 0.3) is 0 Å². The summed E-state index contributed by atoms with van der Waals surface area (Å²) in [5.74, 6) is 0.735. The molecule has 0 aliphatic carbocycles. The molecule has 0 fully saturated rings. The maximum atomic E-state index is 13.8. The number of hydrogen-bond acceptors (Lipinski definition) is 2. The Bertz CT molecular complexity index is 767. The molecular formula is C15H13ClFN3. The minimum Gasteiger partial charge on any atom is -0.307 e. The molecule has 3 aromatic rings. The van der Waals surface area contributed by atoms with Crippen LogP contribution in [0, 0.1) is 12.7 Å². The van der Waals surface area contributed by atoms with Crippen molar-refractivity contribution in [2.75, 3.05) is 0 Å². The van der Waals surface area contributed by atoms with Crippen molar-refractivity contribution in [2.24, 2.45) is 0 Å². The summed E-state index contributed by atoms with van der Waals surface area (Å²) in [6.45, 7) is 2.35. The molecule has 3 rings (SSSR count). The van der Waals surface area contributed by atoms with Crippen molar-refractivity contribution in [1.29, 1.82) is 0 Å². The number of fused-ring (bicyclic) bond motifs is 1. The zero-order valence-electron chi connectivity index (χ0n) is 11.0. The van der Waals surface area contributed by atoms with Gasteiger partial charge in [0.15, 0.2) is 5.65 Å². The first-order valence-electron chi connectivity index (χ1n) is 6.31. The summed E-state index contributed by atoms with van der Waals surface area (Å²) < 4.78 is 15.7. The number of rotatable bonds is 3. The molecule has 0 saturated carbocycles. The predicted molar refractivity (Wildman–Crippen MR) is 77.3 cm³/mol. The van der Waals surface area contributed by atoms with Crippen molar-refractivity contribution in [1.82, 2.24) is 14.5 Å². The molecule has 20 heavy (non-hydrogen) atoms. The fourth-order valence-corrected chi connectivity index (χ4v) is 2.45. The molecule has 0 unspecified atom stereocenters. The Balaban J connectivity index is 2.15. The standard InChI is InChI=1S/C15H13ClFN3/c1-10-6-7-18-15-14(10)19-13(8-16)20(15)9-11-4-2-3-5-12(11)17/h2-7H,8-9H2,1H3. The minimum absolute atomic E-state index is 0.234. The molecule has 2 heterocycles. The second kappa shape index (κ2) is 5.21. The number of hydrogen-bond donors (Lipinski definition) is 0. The van der Waals surface area contributed by atoms with Gasteiger partial charge in [-0.25, -0.2) is 14.4 Å². The molecule has 102 valence electrons. The van der Waals surface area contributed by atoms with Gasteiger partial charge in [-0.1, -0.05) is 18.2 Å². The molecule has 0 radical (unpaired) electrons. The van der Waals surface area contributed by atoms with Gasteiger partial charge >= 0.3 is 0 Å². The lowest BCUT2D eigenvalue weighted by Crippen LogP contribution is -2.06. The highest BCUT2D eigenvalue weighted by molar-refractivity contribution is 6.16. The SMILES string of the molecule is Cc1ccnc2c1nc(CCl)n2Cc1ccccc1F.